The third-order valence-electron chi connectivity index (χ3n) is 3.28. The van der Waals surface area contributed by atoms with E-state index in [2.05, 4.69) is 4.90 Å². The van der Waals surface area contributed by atoms with Crippen LogP contribution in [0.5, 0.6) is 11.5 Å². The second-order valence-electron chi connectivity index (χ2n) is 4.85. The van der Waals surface area contributed by atoms with E-state index in [1.165, 1.54) is 0 Å². The molecule has 1 aliphatic rings. The maximum atomic E-state index is 5.79. The number of nitrogens with zero attached hydrogens (tertiary/aromatic N) is 1. The predicted molar refractivity (Wildman–Crippen MR) is 93.8 cm³/mol. The number of thioether (sulfide) groups is 1. The molecule has 1 saturated heterocycles. The first-order valence-corrected chi connectivity index (χ1v) is 8.41. The van der Waals surface area contributed by atoms with Crippen LogP contribution in [0.2, 0.25) is 0 Å². The summed E-state index contributed by atoms with van der Waals surface area (Å²) in [5, 5.41) is 0. The average molecular weight is 331 g/mol. The number of morpholine rings is 1. The Morgan fingerprint density at radius 2 is 1.59 bits per heavy atom. The molecule has 0 atom stereocenters. The van der Waals surface area contributed by atoms with E-state index in [0.717, 1.165) is 47.0 Å². The minimum absolute atomic E-state index is 0.755. The van der Waals surface area contributed by atoms with Crippen LogP contribution in [0.15, 0.2) is 59.5 Å². The summed E-state index contributed by atoms with van der Waals surface area (Å²) in [6.45, 7) is 3.26. The lowest BCUT2D eigenvalue weighted by Crippen LogP contribution is -2.38. The molecule has 1 heterocycles. The Morgan fingerprint density at radius 1 is 0.955 bits per heavy atom. The summed E-state index contributed by atoms with van der Waals surface area (Å²) in [6.07, 6.45) is 0. The van der Waals surface area contributed by atoms with Crippen molar-refractivity contribution in [3.63, 3.8) is 0 Å². The van der Waals surface area contributed by atoms with Crippen LogP contribution in [0.3, 0.4) is 0 Å². The van der Waals surface area contributed by atoms with Gasteiger partial charge >= 0.3 is 0 Å². The lowest BCUT2D eigenvalue weighted by molar-refractivity contribution is 0.0702. The van der Waals surface area contributed by atoms with E-state index >= 15 is 0 Å². The van der Waals surface area contributed by atoms with Gasteiger partial charge in [0.1, 0.15) is 15.8 Å². The van der Waals surface area contributed by atoms with Crippen LogP contribution in [0.1, 0.15) is 0 Å². The van der Waals surface area contributed by atoms with Crippen molar-refractivity contribution in [2.75, 3.05) is 26.3 Å². The summed E-state index contributed by atoms with van der Waals surface area (Å²) in [7, 11) is 0. The fourth-order valence-corrected chi connectivity index (χ4v) is 3.37. The number of ether oxygens (including phenoxy) is 2. The lowest BCUT2D eigenvalue weighted by atomic mass is 10.3. The third kappa shape index (κ3) is 4.22. The SMILES string of the molecule is S=C(Sc1ccc(Oc2ccccc2)cc1)N1CCOCC1. The second-order valence-corrected chi connectivity index (χ2v) is 6.56. The normalized spacial score (nSPS) is 14.6. The molecule has 0 aliphatic carbocycles. The van der Waals surface area contributed by atoms with Gasteiger partial charge in [-0.1, -0.05) is 42.2 Å². The average Bonchev–Trinajstić information content (AvgIpc) is 2.58. The summed E-state index contributed by atoms with van der Waals surface area (Å²) in [4.78, 5) is 3.31. The first-order valence-electron chi connectivity index (χ1n) is 7.19. The van der Waals surface area contributed by atoms with Crippen LogP contribution in [0, 0.1) is 0 Å². The van der Waals surface area contributed by atoms with Crippen LogP contribution in [-0.4, -0.2) is 35.5 Å². The van der Waals surface area contributed by atoms with E-state index in [0.29, 0.717) is 0 Å². The van der Waals surface area contributed by atoms with Gasteiger partial charge in [0.05, 0.1) is 13.2 Å². The highest BCUT2D eigenvalue weighted by Gasteiger charge is 2.14. The van der Waals surface area contributed by atoms with Gasteiger partial charge in [-0.3, -0.25) is 0 Å². The number of para-hydroxylation sites is 1. The molecule has 22 heavy (non-hydrogen) atoms. The zero-order chi connectivity index (χ0) is 15.2. The summed E-state index contributed by atoms with van der Waals surface area (Å²) in [5.74, 6) is 1.67. The topological polar surface area (TPSA) is 21.7 Å². The highest BCUT2D eigenvalue weighted by Crippen LogP contribution is 2.27. The van der Waals surface area contributed by atoms with Gasteiger partial charge in [0.25, 0.3) is 0 Å². The zero-order valence-corrected chi connectivity index (χ0v) is 13.7. The van der Waals surface area contributed by atoms with Gasteiger partial charge in [0.2, 0.25) is 0 Å². The molecule has 2 aromatic rings. The molecule has 0 unspecified atom stereocenters. The molecule has 0 N–H and O–H groups in total. The lowest BCUT2D eigenvalue weighted by Gasteiger charge is -2.28. The zero-order valence-electron chi connectivity index (χ0n) is 12.1. The molecular weight excluding hydrogens is 314 g/mol. The van der Waals surface area contributed by atoms with Gasteiger partial charge in [-0.05, 0) is 36.4 Å². The summed E-state index contributed by atoms with van der Waals surface area (Å²) >= 11 is 7.11. The van der Waals surface area contributed by atoms with Crippen molar-refractivity contribution in [3.05, 3.63) is 54.6 Å². The minimum atomic E-state index is 0.755. The van der Waals surface area contributed by atoms with Crippen LogP contribution in [0.25, 0.3) is 0 Å². The molecule has 0 spiro atoms. The number of thiocarbonyl (C=S) groups is 1. The highest BCUT2D eigenvalue weighted by atomic mass is 32.2. The Labute approximate surface area is 140 Å². The van der Waals surface area contributed by atoms with E-state index < -0.39 is 0 Å². The van der Waals surface area contributed by atoms with Crippen molar-refractivity contribution in [2.45, 2.75) is 4.90 Å². The van der Waals surface area contributed by atoms with E-state index in [4.69, 9.17) is 21.7 Å². The molecule has 0 amide bonds. The molecule has 1 aliphatic heterocycles. The molecule has 0 radical (unpaired) electrons. The van der Waals surface area contributed by atoms with Crippen molar-refractivity contribution in [2.24, 2.45) is 0 Å². The Hall–Kier alpha value is -1.56. The van der Waals surface area contributed by atoms with Gasteiger partial charge in [-0.25, -0.2) is 0 Å². The van der Waals surface area contributed by atoms with E-state index in [9.17, 15) is 0 Å². The number of hydrogen-bond acceptors (Lipinski definition) is 4. The Bertz CT molecular complexity index is 610. The monoisotopic (exact) mass is 331 g/mol. The number of hydrogen-bond donors (Lipinski definition) is 0. The third-order valence-corrected chi connectivity index (χ3v) is 4.73. The molecule has 0 saturated carbocycles. The largest absolute Gasteiger partial charge is 0.457 e. The highest BCUT2D eigenvalue weighted by molar-refractivity contribution is 8.22. The Balaban J connectivity index is 1.58. The first kappa shape index (κ1) is 15.3. The van der Waals surface area contributed by atoms with E-state index in [1.807, 2.05) is 54.6 Å². The summed E-state index contributed by atoms with van der Waals surface area (Å²) < 4.78 is 12.0. The maximum Gasteiger partial charge on any atom is 0.141 e. The smallest absolute Gasteiger partial charge is 0.141 e. The van der Waals surface area contributed by atoms with Crippen molar-refractivity contribution >= 4 is 28.3 Å². The van der Waals surface area contributed by atoms with Crippen LogP contribution in [-0.2, 0) is 4.74 Å². The number of benzene rings is 2. The number of rotatable bonds is 3. The second kappa shape index (κ2) is 7.63. The molecular formula is C17H17NO2S2. The first-order chi connectivity index (χ1) is 10.8. The Morgan fingerprint density at radius 3 is 2.27 bits per heavy atom. The molecule has 1 fully saturated rings. The molecule has 0 aromatic heterocycles. The van der Waals surface area contributed by atoms with Gasteiger partial charge in [-0.15, -0.1) is 0 Å². The molecule has 3 rings (SSSR count). The van der Waals surface area contributed by atoms with Gasteiger partial charge in [-0.2, -0.15) is 0 Å². The maximum absolute atomic E-state index is 5.79. The standard InChI is InChI=1S/C17H17NO2S2/c21-17(18-10-12-19-13-11-18)22-16-8-6-15(7-9-16)20-14-4-2-1-3-5-14/h1-9H,10-13H2. The fraction of sp³-hybridized carbons (Fsp3) is 0.235. The molecule has 114 valence electrons. The van der Waals surface area contributed by atoms with E-state index in [1.54, 1.807) is 11.8 Å². The fourth-order valence-electron chi connectivity index (χ4n) is 2.11. The van der Waals surface area contributed by atoms with Crippen molar-refractivity contribution in [1.82, 2.24) is 4.90 Å². The van der Waals surface area contributed by atoms with Crippen LogP contribution < -0.4 is 4.74 Å². The molecule has 5 heteroatoms. The van der Waals surface area contributed by atoms with Crippen LogP contribution in [0.4, 0.5) is 0 Å². The van der Waals surface area contributed by atoms with Gasteiger partial charge < -0.3 is 14.4 Å². The van der Waals surface area contributed by atoms with E-state index in [-0.39, 0.29) is 0 Å². The van der Waals surface area contributed by atoms with Gasteiger partial charge in [0.15, 0.2) is 0 Å². The predicted octanol–water partition coefficient (Wildman–Crippen LogP) is 4.19. The quantitative estimate of drug-likeness (QED) is 0.619. The molecule has 3 nitrogen and oxygen atoms in total. The molecule has 0 bridgehead atoms. The van der Waals surface area contributed by atoms with Gasteiger partial charge in [0, 0.05) is 18.0 Å². The van der Waals surface area contributed by atoms with Crippen molar-refractivity contribution in [1.29, 1.82) is 0 Å². The summed E-state index contributed by atoms with van der Waals surface area (Å²) in [6, 6.07) is 17.8. The van der Waals surface area contributed by atoms with Crippen LogP contribution >= 0.6 is 24.0 Å². The van der Waals surface area contributed by atoms with Crippen molar-refractivity contribution < 1.29 is 9.47 Å². The minimum Gasteiger partial charge on any atom is -0.457 e. The summed E-state index contributed by atoms with van der Waals surface area (Å²) in [5.41, 5.74) is 0. The Kier molecular flexibility index (Phi) is 5.32. The molecule has 2 aromatic carbocycles. The van der Waals surface area contributed by atoms with Crippen molar-refractivity contribution in [3.8, 4) is 11.5 Å².